The molecule has 1 aliphatic heterocycles. The van der Waals surface area contributed by atoms with Gasteiger partial charge in [0, 0.05) is 56.0 Å². The van der Waals surface area contributed by atoms with Crippen molar-refractivity contribution in [3.63, 3.8) is 0 Å². The molecule has 1 aromatic carbocycles. The van der Waals surface area contributed by atoms with Crippen molar-refractivity contribution in [1.82, 2.24) is 19.8 Å². The Kier molecular flexibility index (Phi) is 5.59. The van der Waals surface area contributed by atoms with Crippen LogP contribution in [0.25, 0.3) is 22.5 Å². The predicted octanol–water partition coefficient (Wildman–Crippen LogP) is 3.57. The van der Waals surface area contributed by atoms with Crippen LogP contribution in [0, 0.1) is 5.92 Å². The minimum absolute atomic E-state index is 0.530. The van der Waals surface area contributed by atoms with Crippen molar-refractivity contribution in [2.75, 3.05) is 45.1 Å². The summed E-state index contributed by atoms with van der Waals surface area (Å²) in [4.78, 5) is 14.1. The normalized spacial score (nSPS) is 17.3. The molecule has 0 amide bonds. The summed E-state index contributed by atoms with van der Waals surface area (Å²) in [5, 5.41) is 4.67. The van der Waals surface area contributed by atoms with Crippen LogP contribution in [0.5, 0.6) is 0 Å². The Balaban J connectivity index is 1.45. The zero-order valence-corrected chi connectivity index (χ0v) is 16.9. The van der Waals surface area contributed by atoms with Gasteiger partial charge in [-0.1, -0.05) is 13.8 Å². The van der Waals surface area contributed by atoms with Crippen LogP contribution in [0.2, 0.25) is 0 Å². The maximum Gasteiger partial charge on any atom is 0.196 e. The van der Waals surface area contributed by atoms with Crippen molar-refractivity contribution in [3.8, 4) is 11.6 Å². The van der Waals surface area contributed by atoms with Crippen LogP contribution in [-0.2, 0) is 0 Å². The fourth-order valence-electron chi connectivity index (χ4n) is 3.83. The summed E-state index contributed by atoms with van der Waals surface area (Å²) in [5.41, 5.74) is 2.04. The maximum absolute atomic E-state index is 5.40. The molecule has 1 N–H and O–H groups in total. The molecule has 0 bridgehead atoms. The summed E-state index contributed by atoms with van der Waals surface area (Å²) in [6.45, 7) is 10.1. The third kappa shape index (κ3) is 4.18. The maximum atomic E-state index is 5.40. The van der Waals surface area contributed by atoms with E-state index in [1.54, 1.807) is 6.26 Å². The van der Waals surface area contributed by atoms with Crippen molar-refractivity contribution in [3.05, 3.63) is 42.8 Å². The third-order valence-corrected chi connectivity index (χ3v) is 5.61. The molecule has 1 saturated heterocycles. The number of anilines is 1. The summed E-state index contributed by atoms with van der Waals surface area (Å²) in [6.07, 6.45) is 3.51. The molecule has 6 nitrogen and oxygen atoms in total. The van der Waals surface area contributed by atoms with E-state index in [0.29, 0.717) is 23.5 Å². The van der Waals surface area contributed by atoms with Crippen LogP contribution in [0.15, 0.2) is 47.2 Å². The third-order valence-electron chi connectivity index (χ3n) is 5.61. The highest BCUT2D eigenvalue weighted by atomic mass is 16.3. The van der Waals surface area contributed by atoms with Gasteiger partial charge in [-0.05, 0) is 43.3 Å². The fourth-order valence-corrected chi connectivity index (χ4v) is 3.83. The number of nitrogens with one attached hydrogen (secondary N) is 1. The van der Waals surface area contributed by atoms with Crippen LogP contribution in [0.3, 0.4) is 0 Å². The van der Waals surface area contributed by atoms with Crippen molar-refractivity contribution in [2.45, 2.75) is 19.9 Å². The first kappa shape index (κ1) is 18.9. The van der Waals surface area contributed by atoms with Crippen LogP contribution >= 0.6 is 0 Å². The smallest absolute Gasteiger partial charge is 0.196 e. The molecule has 0 saturated carbocycles. The van der Waals surface area contributed by atoms with E-state index in [2.05, 4.69) is 58.1 Å². The molecule has 1 atom stereocenters. The Bertz CT molecular complexity index is 900. The van der Waals surface area contributed by atoms with Crippen molar-refractivity contribution in [2.24, 2.45) is 5.92 Å². The number of fused-ring (bicyclic) bond motifs is 1. The van der Waals surface area contributed by atoms with Crippen LogP contribution in [0.4, 0.5) is 5.69 Å². The number of nitrogens with zero attached hydrogens (tertiary/aromatic N) is 4. The highest BCUT2D eigenvalue weighted by molar-refractivity contribution is 5.82. The molecule has 3 heterocycles. The molecule has 148 valence electrons. The molecule has 2 aromatic heterocycles. The lowest BCUT2D eigenvalue weighted by Gasteiger charge is -2.40. The predicted molar refractivity (Wildman–Crippen MR) is 113 cm³/mol. The van der Waals surface area contributed by atoms with E-state index in [-0.39, 0.29) is 0 Å². The number of hydrogen-bond acceptors (Lipinski definition) is 6. The number of benzene rings is 1. The monoisotopic (exact) mass is 379 g/mol. The molecule has 1 aliphatic rings. The summed E-state index contributed by atoms with van der Waals surface area (Å²) in [7, 11) is 2.20. The van der Waals surface area contributed by atoms with Gasteiger partial charge in [0.05, 0.1) is 11.8 Å². The van der Waals surface area contributed by atoms with Gasteiger partial charge in [-0.2, -0.15) is 0 Å². The first-order valence-corrected chi connectivity index (χ1v) is 10.1. The molecule has 3 aromatic rings. The second-order valence-corrected chi connectivity index (χ2v) is 7.98. The zero-order chi connectivity index (χ0) is 19.5. The molecule has 4 rings (SSSR count). The lowest BCUT2D eigenvalue weighted by molar-refractivity contribution is 0.0944. The van der Waals surface area contributed by atoms with E-state index in [1.165, 1.54) is 0 Å². The van der Waals surface area contributed by atoms with Gasteiger partial charge in [-0.15, -0.1) is 0 Å². The summed E-state index contributed by atoms with van der Waals surface area (Å²) >= 11 is 0. The fraction of sp³-hybridized carbons (Fsp3) is 0.455. The van der Waals surface area contributed by atoms with Gasteiger partial charge in [0.15, 0.2) is 11.6 Å². The Morgan fingerprint density at radius 2 is 1.96 bits per heavy atom. The molecule has 0 aliphatic carbocycles. The van der Waals surface area contributed by atoms with Gasteiger partial charge in [-0.3, -0.25) is 4.90 Å². The van der Waals surface area contributed by atoms with Crippen molar-refractivity contribution < 1.29 is 4.42 Å². The molecule has 1 unspecified atom stereocenters. The van der Waals surface area contributed by atoms with Gasteiger partial charge < -0.3 is 14.6 Å². The zero-order valence-electron chi connectivity index (χ0n) is 16.9. The number of hydrogen-bond donors (Lipinski definition) is 1. The summed E-state index contributed by atoms with van der Waals surface area (Å²) in [6, 6.07) is 10.5. The average Bonchev–Trinajstić information content (AvgIpc) is 3.23. The van der Waals surface area contributed by atoms with Crippen molar-refractivity contribution in [1.29, 1.82) is 0 Å². The standard InChI is InChI=1S/C22H29N5O/c1-16(2)20(27-10-8-26(3)9-11-27)15-23-18-6-7-19-17(13-18)14-24-22(25-19)21-5-4-12-28-21/h4-7,12-14,16,20,23H,8-11,15H2,1-3H3. The Morgan fingerprint density at radius 1 is 1.14 bits per heavy atom. The van der Waals surface area contributed by atoms with Crippen LogP contribution in [0.1, 0.15) is 13.8 Å². The molecule has 0 spiro atoms. The van der Waals surface area contributed by atoms with Gasteiger partial charge in [0.25, 0.3) is 0 Å². The second kappa shape index (κ2) is 8.29. The number of aromatic nitrogens is 2. The largest absolute Gasteiger partial charge is 0.461 e. The Hall–Kier alpha value is -2.44. The highest BCUT2D eigenvalue weighted by Gasteiger charge is 2.24. The van der Waals surface area contributed by atoms with E-state index in [0.717, 1.165) is 49.3 Å². The quantitative estimate of drug-likeness (QED) is 0.707. The lowest BCUT2D eigenvalue weighted by Crippen LogP contribution is -2.52. The Morgan fingerprint density at radius 3 is 2.68 bits per heavy atom. The highest BCUT2D eigenvalue weighted by Crippen LogP contribution is 2.22. The molecule has 6 heteroatoms. The summed E-state index contributed by atoms with van der Waals surface area (Å²) in [5.74, 6) is 1.92. The SMILES string of the molecule is CC(C)C(CNc1ccc2nc(-c3ccco3)ncc2c1)N1CCN(C)CC1. The van der Waals surface area contributed by atoms with Crippen LogP contribution in [-0.4, -0.2) is 65.6 Å². The molecular formula is C22H29N5O. The second-order valence-electron chi connectivity index (χ2n) is 7.98. The molecule has 1 fully saturated rings. The van der Waals surface area contributed by atoms with E-state index < -0.39 is 0 Å². The van der Waals surface area contributed by atoms with Gasteiger partial charge in [0.2, 0.25) is 0 Å². The number of likely N-dealkylation sites (N-methyl/N-ethyl adjacent to an activating group) is 1. The van der Waals surface area contributed by atoms with E-state index >= 15 is 0 Å². The van der Waals surface area contributed by atoms with E-state index in [1.807, 2.05) is 24.4 Å². The van der Waals surface area contributed by atoms with Crippen LogP contribution < -0.4 is 5.32 Å². The minimum Gasteiger partial charge on any atom is -0.461 e. The van der Waals surface area contributed by atoms with E-state index in [9.17, 15) is 0 Å². The van der Waals surface area contributed by atoms with E-state index in [4.69, 9.17) is 4.42 Å². The first-order valence-electron chi connectivity index (χ1n) is 10.1. The number of piperazine rings is 1. The lowest BCUT2D eigenvalue weighted by atomic mass is 10.0. The number of furan rings is 1. The molecular weight excluding hydrogens is 350 g/mol. The molecule has 0 radical (unpaired) electrons. The average molecular weight is 380 g/mol. The first-order chi connectivity index (χ1) is 13.6. The molecule has 28 heavy (non-hydrogen) atoms. The topological polar surface area (TPSA) is 57.4 Å². The van der Waals surface area contributed by atoms with Crippen molar-refractivity contribution >= 4 is 16.6 Å². The summed E-state index contributed by atoms with van der Waals surface area (Å²) < 4.78 is 5.40. The van der Waals surface area contributed by atoms with Gasteiger partial charge >= 0.3 is 0 Å². The minimum atomic E-state index is 0.530. The van der Waals surface area contributed by atoms with Gasteiger partial charge in [0.1, 0.15) is 0 Å². The Labute approximate surface area is 166 Å². The van der Waals surface area contributed by atoms with Gasteiger partial charge in [-0.25, -0.2) is 9.97 Å². The number of rotatable bonds is 6.